The highest BCUT2D eigenvalue weighted by molar-refractivity contribution is 6.06. The smallest absolute Gasteiger partial charge is 0.364 e. The number of nitriles is 1. The number of carbonyl (C=O) groups is 3. The molecule has 3 amide bonds. The van der Waals surface area contributed by atoms with E-state index >= 15 is 0 Å². The molecule has 210 valence electrons. The van der Waals surface area contributed by atoms with Crippen molar-refractivity contribution >= 4 is 23.4 Å². The fraction of sp³-hybridized carbons (Fsp3) is 0.276. The Bertz CT molecular complexity index is 1650. The number of nitrogens with zero attached hydrogens (tertiary/aromatic N) is 5. The van der Waals surface area contributed by atoms with Crippen LogP contribution in [0.25, 0.3) is 0 Å². The largest absolute Gasteiger partial charge is 0.416 e. The van der Waals surface area contributed by atoms with Crippen LogP contribution in [0.15, 0.2) is 64.5 Å². The maximum absolute atomic E-state index is 13.9. The Balaban J connectivity index is 1.63. The molecule has 0 bridgehead atoms. The van der Waals surface area contributed by atoms with Crippen LogP contribution in [0.3, 0.4) is 0 Å². The lowest BCUT2D eigenvalue weighted by Gasteiger charge is -2.42. The number of benzene rings is 2. The van der Waals surface area contributed by atoms with Crippen LogP contribution in [0.4, 0.5) is 23.7 Å². The number of hydrogen-bond donors (Lipinski definition) is 0. The minimum atomic E-state index is -4.64. The summed E-state index contributed by atoms with van der Waals surface area (Å²) in [5.41, 5.74) is 1.43. The van der Waals surface area contributed by atoms with Crippen LogP contribution in [-0.2, 0) is 23.9 Å². The maximum atomic E-state index is 13.9. The quantitative estimate of drug-likeness (QED) is 0.429. The molecule has 0 aliphatic carbocycles. The molecule has 5 rings (SSSR count). The van der Waals surface area contributed by atoms with Crippen molar-refractivity contribution in [1.82, 2.24) is 15.0 Å². The first kappa shape index (κ1) is 27.6. The molecule has 1 atom stereocenters. The van der Waals surface area contributed by atoms with Gasteiger partial charge in [-0.05, 0) is 49.7 Å². The third-order valence-corrected chi connectivity index (χ3v) is 7.39. The normalized spacial score (nSPS) is 17.4. The van der Waals surface area contributed by atoms with Crippen molar-refractivity contribution in [2.45, 2.75) is 39.0 Å². The van der Waals surface area contributed by atoms with Crippen LogP contribution in [-0.4, -0.2) is 46.3 Å². The number of aromatic nitrogens is 1. The molecule has 2 aliphatic heterocycles. The molecule has 2 aromatic carbocycles. The maximum Gasteiger partial charge on any atom is 0.416 e. The molecule has 0 saturated heterocycles. The Kier molecular flexibility index (Phi) is 6.90. The number of allylic oxidation sites excluding steroid dienone is 1. The zero-order chi connectivity index (χ0) is 29.6. The number of likely N-dealkylation sites (N-methyl/N-ethyl adjacent to an activating group) is 1. The van der Waals surface area contributed by atoms with E-state index in [-0.39, 0.29) is 34.6 Å². The van der Waals surface area contributed by atoms with Gasteiger partial charge in [0, 0.05) is 42.4 Å². The second kappa shape index (κ2) is 10.2. The lowest BCUT2D eigenvalue weighted by atomic mass is 9.87. The van der Waals surface area contributed by atoms with E-state index < -0.39 is 35.5 Å². The predicted molar refractivity (Wildman–Crippen MR) is 139 cm³/mol. The van der Waals surface area contributed by atoms with Gasteiger partial charge in [0.05, 0.1) is 41.2 Å². The Morgan fingerprint density at radius 1 is 1.17 bits per heavy atom. The third kappa shape index (κ3) is 4.84. The summed E-state index contributed by atoms with van der Waals surface area (Å²) < 4.78 is 45.4. The SMILES string of the molecule is CC(=O)C1=C(C)N(c2cccc(C(F)(F)F)c2)C(=O)N(C)C1c1ccc(C#N)cc1C(=O)N1CCc2nocc2C1. The first-order chi connectivity index (χ1) is 19.4. The number of hydrogen-bond acceptors (Lipinski definition) is 6. The van der Waals surface area contributed by atoms with Gasteiger partial charge in [-0.25, -0.2) is 4.79 Å². The molecule has 1 unspecified atom stereocenters. The number of urea groups is 1. The van der Waals surface area contributed by atoms with E-state index in [4.69, 9.17) is 4.52 Å². The highest BCUT2D eigenvalue weighted by Crippen LogP contribution is 2.41. The van der Waals surface area contributed by atoms with E-state index in [0.717, 1.165) is 28.3 Å². The molecule has 0 spiro atoms. The zero-order valence-electron chi connectivity index (χ0n) is 22.3. The average Bonchev–Trinajstić information content (AvgIpc) is 3.42. The number of Topliss-reactive ketones (excluding diaryl/α,β-unsaturated/α-hetero) is 1. The summed E-state index contributed by atoms with van der Waals surface area (Å²) >= 11 is 0. The number of halogens is 3. The van der Waals surface area contributed by atoms with Crippen LogP contribution >= 0.6 is 0 Å². The Morgan fingerprint density at radius 3 is 2.61 bits per heavy atom. The molecule has 2 aliphatic rings. The lowest BCUT2D eigenvalue weighted by Crippen LogP contribution is -2.49. The second-order valence-electron chi connectivity index (χ2n) is 9.91. The number of rotatable bonds is 4. The van der Waals surface area contributed by atoms with E-state index in [1.54, 1.807) is 4.90 Å². The van der Waals surface area contributed by atoms with Gasteiger partial charge in [-0.2, -0.15) is 18.4 Å². The van der Waals surface area contributed by atoms with Crippen molar-refractivity contribution < 1.29 is 32.1 Å². The minimum Gasteiger partial charge on any atom is -0.364 e. The fourth-order valence-corrected chi connectivity index (χ4v) is 5.39. The van der Waals surface area contributed by atoms with Crippen molar-refractivity contribution in [3.63, 3.8) is 0 Å². The fourth-order valence-electron chi connectivity index (χ4n) is 5.39. The van der Waals surface area contributed by atoms with Gasteiger partial charge >= 0.3 is 12.2 Å². The molecule has 41 heavy (non-hydrogen) atoms. The summed E-state index contributed by atoms with van der Waals surface area (Å²) in [5.74, 6) is -0.843. The van der Waals surface area contributed by atoms with Crippen LogP contribution in [0.1, 0.15) is 58.2 Å². The van der Waals surface area contributed by atoms with Gasteiger partial charge in [0.1, 0.15) is 6.26 Å². The summed E-state index contributed by atoms with van der Waals surface area (Å²) in [6.07, 6.45) is -2.70. The topological polar surface area (TPSA) is 111 Å². The van der Waals surface area contributed by atoms with Crippen molar-refractivity contribution in [1.29, 1.82) is 5.26 Å². The highest BCUT2D eigenvalue weighted by atomic mass is 19.4. The monoisotopic (exact) mass is 563 g/mol. The van der Waals surface area contributed by atoms with Crippen molar-refractivity contribution in [2.75, 3.05) is 18.5 Å². The first-order valence-corrected chi connectivity index (χ1v) is 12.6. The van der Waals surface area contributed by atoms with Crippen molar-refractivity contribution in [3.05, 3.63) is 93.5 Å². The highest BCUT2D eigenvalue weighted by Gasteiger charge is 2.42. The number of alkyl halides is 3. The van der Waals surface area contributed by atoms with E-state index in [1.807, 2.05) is 6.07 Å². The summed E-state index contributed by atoms with van der Waals surface area (Å²) in [6, 6.07) is 9.03. The van der Waals surface area contributed by atoms with Crippen LogP contribution in [0.5, 0.6) is 0 Å². The molecule has 0 N–H and O–H groups in total. The Morgan fingerprint density at radius 2 is 1.93 bits per heavy atom. The Labute approximate surface area is 233 Å². The standard InChI is InChI=1S/C29H24F3N5O4/c1-16-25(17(2)38)26(35(3)28(40)37(16)21-6-4-5-20(12-21)29(30,31)32)22-8-7-18(13-33)11-23(22)27(39)36-10-9-24-19(14-36)15-41-34-24/h4-8,11-12,15,26H,9-10,14H2,1-3H3. The van der Waals surface area contributed by atoms with Gasteiger partial charge in [0.25, 0.3) is 5.91 Å². The van der Waals surface area contributed by atoms with Gasteiger partial charge in [-0.1, -0.05) is 17.3 Å². The van der Waals surface area contributed by atoms with Gasteiger partial charge in [0.15, 0.2) is 5.78 Å². The summed E-state index contributed by atoms with van der Waals surface area (Å²) in [4.78, 5) is 44.5. The molecule has 1 aromatic heterocycles. The number of fused-ring (bicyclic) bond motifs is 1. The van der Waals surface area contributed by atoms with E-state index in [9.17, 15) is 32.8 Å². The summed E-state index contributed by atoms with van der Waals surface area (Å²) in [5, 5.41) is 13.5. The lowest BCUT2D eigenvalue weighted by molar-refractivity contribution is -0.137. The Hall–Kier alpha value is -4.92. The van der Waals surface area contributed by atoms with E-state index in [2.05, 4.69) is 5.16 Å². The number of carbonyl (C=O) groups excluding carboxylic acids is 3. The molecule has 9 nitrogen and oxygen atoms in total. The van der Waals surface area contributed by atoms with Crippen LogP contribution in [0, 0.1) is 11.3 Å². The summed E-state index contributed by atoms with van der Waals surface area (Å²) in [6.45, 7) is 3.35. The third-order valence-electron chi connectivity index (χ3n) is 7.39. The van der Waals surface area contributed by atoms with Crippen molar-refractivity contribution in [3.8, 4) is 6.07 Å². The molecular weight excluding hydrogens is 539 g/mol. The van der Waals surface area contributed by atoms with Gasteiger partial charge in [-0.15, -0.1) is 0 Å². The molecule has 0 fully saturated rings. The second-order valence-corrected chi connectivity index (χ2v) is 9.91. The van der Waals surface area contributed by atoms with Crippen molar-refractivity contribution in [2.24, 2.45) is 0 Å². The zero-order valence-corrected chi connectivity index (χ0v) is 22.3. The van der Waals surface area contributed by atoms with E-state index in [1.165, 1.54) is 62.4 Å². The molecule has 0 radical (unpaired) electrons. The molecule has 3 aromatic rings. The molecular formula is C29H24F3N5O4. The van der Waals surface area contributed by atoms with Gasteiger partial charge < -0.3 is 14.3 Å². The average molecular weight is 564 g/mol. The summed E-state index contributed by atoms with van der Waals surface area (Å²) in [7, 11) is 1.42. The van der Waals surface area contributed by atoms with E-state index in [0.29, 0.717) is 18.5 Å². The number of ketones is 1. The van der Waals surface area contributed by atoms with Gasteiger partial charge in [0.2, 0.25) is 0 Å². The molecule has 12 heteroatoms. The minimum absolute atomic E-state index is 0.0552. The molecule has 3 heterocycles. The first-order valence-electron chi connectivity index (χ1n) is 12.6. The van der Waals surface area contributed by atoms with Crippen LogP contribution < -0.4 is 4.90 Å². The number of amides is 3. The predicted octanol–water partition coefficient (Wildman–Crippen LogP) is 5.24. The number of anilines is 1. The molecule has 0 saturated carbocycles. The van der Waals surface area contributed by atoms with Crippen LogP contribution in [0.2, 0.25) is 0 Å². The van der Waals surface area contributed by atoms with Gasteiger partial charge in [-0.3, -0.25) is 14.5 Å².